The fraction of sp³-hybridized carbons (Fsp3) is 0.345. The molecule has 2 heterocycles. The molecule has 0 saturated heterocycles. The summed E-state index contributed by atoms with van der Waals surface area (Å²) in [5, 5.41) is 8.45. The molecule has 0 spiro atoms. The van der Waals surface area contributed by atoms with Gasteiger partial charge in [-0.05, 0) is 53.7 Å². The predicted octanol–water partition coefficient (Wildman–Crippen LogP) is 4.14. The fourth-order valence-electron chi connectivity index (χ4n) is 3.82. The van der Waals surface area contributed by atoms with Gasteiger partial charge in [-0.15, -0.1) is 0 Å². The first kappa shape index (κ1) is 26.7. The molecule has 0 saturated carbocycles. The minimum absolute atomic E-state index is 0.152. The van der Waals surface area contributed by atoms with E-state index in [4.69, 9.17) is 4.74 Å². The quantitative estimate of drug-likeness (QED) is 0.532. The van der Waals surface area contributed by atoms with E-state index in [2.05, 4.69) is 16.0 Å². The minimum Gasteiger partial charge on any atom is -0.483 e. The molecule has 2 aromatic carbocycles. The Balaban J connectivity index is 2.07. The zero-order valence-corrected chi connectivity index (χ0v) is 21.2. The standard InChI is InChI=1S/C29H35N3O4/c1-19(2)10-15-25(33)32-26-27(22-8-6-5-7-9-22)36-23-13-11-21(12-14-23)16-17-30-28(34)24(18-20(3)4)31-29(26)35/h5-17,19-20,24,26-27H,18H2,1-4H3,(H,30,34)(H,31,35)(H,32,33)/b15-10+,17-16+/t24-,26-,27+/m0/s1. The van der Waals surface area contributed by atoms with Crippen molar-refractivity contribution in [3.8, 4) is 5.75 Å². The lowest BCUT2D eigenvalue weighted by Crippen LogP contribution is -2.56. The highest BCUT2D eigenvalue weighted by atomic mass is 16.5. The van der Waals surface area contributed by atoms with Crippen molar-refractivity contribution in [3.63, 3.8) is 0 Å². The minimum atomic E-state index is -1.10. The van der Waals surface area contributed by atoms with Gasteiger partial charge in [0.1, 0.15) is 17.8 Å². The number of carbonyl (C=O) groups excluding carboxylic acids is 3. The van der Waals surface area contributed by atoms with E-state index in [0.29, 0.717) is 17.7 Å². The first-order chi connectivity index (χ1) is 17.2. The topological polar surface area (TPSA) is 96.5 Å². The molecule has 3 atom stereocenters. The lowest BCUT2D eigenvalue weighted by molar-refractivity contribution is -0.133. The van der Waals surface area contributed by atoms with Crippen LogP contribution < -0.4 is 20.7 Å². The number of hydrogen-bond donors (Lipinski definition) is 3. The molecule has 0 fully saturated rings. The highest BCUT2D eigenvalue weighted by Crippen LogP contribution is 2.26. The third-order valence-electron chi connectivity index (χ3n) is 5.63. The maximum absolute atomic E-state index is 13.7. The van der Waals surface area contributed by atoms with Crippen LogP contribution in [0.25, 0.3) is 6.08 Å². The van der Waals surface area contributed by atoms with Crippen LogP contribution in [0.1, 0.15) is 51.3 Å². The molecule has 7 heteroatoms. The van der Waals surface area contributed by atoms with Crippen LogP contribution in [0.15, 0.2) is 72.9 Å². The van der Waals surface area contributed by atoms with Gasteiger partial charge < -0.3 is 20.7 Å². The van der Waals surface area contributed by atoms with Crippen LogP contribution in [0.3, 0.4) is 0 Å². The molecule has 2 aliphatic heterocycles. The molecule has 190 valence electrons. The average Bonchev–Trinajstić information content (AvgIpc) is 2.85. The second-order valence-electron chi connectivity index (χ2n) is 9.64. The summed E-state index contributed by atoms with van der Waals surface area (Å²) in [5.41, 5.74) is 1.59. The number of rotatable bonds is 6. The Kier molecular flexibility index (Phi) is 9.45. The van der Waals surface area contributed by atoms with E-state index < -0.39 is 30.0 Å². The molecule has 2 aromatic rings. The van der Waals surface area contributed by atoms with Gasteiger partial charge in [0, 0.05) is 6.20 Å². The summed E-state index contributed by atoms with van der Waals surface area (Å²) in [6.45, 7) is 7.88. The molecule has 0 aromatic heterocycles. The van der Waals surface area contributed by atoms with Crippen molar-refractivity contribution in [2.75, 3.05) is 0 Å². The van der Waals surface area contributed by atoms with Crippen LogP contribution in [-0.2, 0) is 14.4 Å². The van der Waals surface area contributed by atoms with Crippen LogP contribution in [-0.4, -0.2) is 29.8 Å². The van der Waals surface area contributed by atoms with Crippen molar-refractivity contribution in [1.82, 2.24) is 16.0 Å². The Labute approximate surface area is 213 Å². The average molecular weight is 490 g/mol. The molecule has 4 rings (SSSR count). The van der Waals surface area contributed by atoms with Crippen molar-refractivity contribution < 1.29 is 19.1 Å². The van der Waals surface area contributed by atoms with E-state index in [1.807, 2.05) is 70.2 Å². The monoisotopic (exact) mass is 489 g/mol. The van der Waals surface area contributed by atoms with Gasteiger partial charge >= 0.3 is 0 Å². The largest absolute Gasteiger partial charge is 0.483 e. The molecular formula is C29H35N3O4. The zero-order chi connectivity index (χ0) is 26.1. The van der Waals surface area contributed by atoms with Gasteiger partial charge in [0.15, 0.2) is 6.10 Å². The summed E-state index contributed by atoms with van der Waals surface area (Å²) in [5.74, 6) is -0.389. The van der Waals surface area contributed by atoms with Crippen LogP contribution >= 0.6 is 0 Å². The van der Waals surface area contributed by atoms with Gasteiger partial charge in [-0.25, -0.2) is 0 Å². The van der Waals surface area contributed by atoms with Crippen LogP contribution in [0, 0.1) is 11.8 Å². The molecular weight excluding hydrogens is 454 g/mol. The Morgan fingerprint density at radius 3 is 2.33 bits per heavy atom. The van der Waals surface area contributed by atoms with Crippen molar-refractivity contribution in [2.24, 2.45) is 11.8 Å². The summed E-state index contributed by atoms with van der Waals surface area (Å²) in [6.07, 6.45) is 6.11. The van der Waals surface area contributed by atoms with Gasteiger partial charge in [-0.2, -0.15) is 0 Å². The number of benzene rings is 2. The van der Waals surface area contributed by atoms with Crippen molar-refractivity contribution in [2.45, 2.75) is 52.3 Å². The summed E-state index contributed by atoms with van der Waals surface area (Å²) in [7, 11) is 0. The normalized spacial score (nSPS) is 21.6. The van der Waals surface area contributed by atoms with Crippen LogP contribution in [0.5, 0.6) is 5.75 Å². The maximum Gasteiger partial charge on any atom is 0.247 e. The zero-order valence-electron chi connectivity index (χ0n) is 21.2. The molecule has 0 aliphatic carbocycles. The summed E-state index contributed by atoms with van der Waals surface area (Å²) in [6, 6.07) is 14.7. The molecule has 0 unspecified atom stereocenters. The second kappa shape index (κ2) is 12.7. The highest BCUT2D eigenvalue weighted by Gasteiger charge is 2.35. The van der Waals surface area contributed by atoms with E-state index >= 15 is 0 Å². The third-order valence-corrected chi connectivity index (χ3v) is 5.63. The SMILES string of the molecule is CC(C)/C=C/C(=O)N[C@@H]1C(=O)N[C@@H](CC(C)C)C(=O)N/C=C/c2ccc(cc2)O[C@@H]1c1ccccc1. The number of hydrogen-bond acceptors (Lipinski definition) is 4. The lowest BCUT2D eigenvalue weighted by atomic mass is 9.98. The molecule has 3 N–H and O–H groups in total. The molecule has 0 radical (unpaired) electrons. The summed E-state index contributed by atoms with van der Waals surface area (Å²) < 4.78 is 6.33. The number of ether oxygens (including phenoxy) is 1. The molecule has 3 amide bonds. The number of nitrogens with one attached hydrogen (secondary N) is 3. The van der Waals surface area contributed by atoms with Crippen molar-refractivity contribution in [1.29, 1.82) is 0 Å². The summed E-state index contributed by atoms with van der Waals surface area (Å²) in [4.78, 5) is 39.5. The maximum atomic E-state index is 13.7. The number of allylic oxidation sites excluding steroid dienone is 1. The van der Waals surface area contributed by atoms with E-state index in [9.17, 15) is 14.4 Å². The number of amides is 3. The number of fused-ring (bicyclic) bond motifs is 10. The molecule has 2 bridgehead atoms. The molecule has 36 heavy (non-hydrogen) atoms. The number of carbonyl (C=O) groups is 3. The van der Waals surface area contributed by atoms with E-state index in [0.717, 1.165) is 5.56 Å². The second-order valence-corrected chi connectivity index (χ2v) is 9.64. The van der Waals surface area contributed by atoms with Gasteiger partial charge in [0.05, 0.1) is 0 Å². The Hall–Kier alpha value is -3.87. The summed E-state index contributed by atoms with van der Waals surface area (Å²) >= 11 is 0. The Bertz CT molecular complexity index is 1090. The van der Waals surface area contributed by atoms with Gasteiger partial charge in [0.25, 0.3) is 0 Å². The van der Waals surface area contributed by atoms with Crippen LogP contribution in [0.2, 0.25) is 0 Å². The molecule has 7 nitrogen and oxygen atoms in total. The van der Waals surface area contributed by atoms with Gasteiger partial charge in [0.2, 0.25) is 17.7 Å². The van der Waals surface area contributed by atoms with Gasteiger partial charge in [-0.3, -0.25) is 14.4 Å². The Morgan fingerprint density at radius 1 is 1.00 bits per heavy atom. The van der Waals surface area contributed by atoms with E-state index in [-0.39, 0.29) is 17.7 Å². The van der Waals surface area contributed by atoms with Crippen LogP contribution in [0.4, 0.5) is 0 Å². The Morgan fingerprint density at radius 2 is 1.69 bits per heavy atom. The fourth-order valence-corrected chi connectivity index (χ4v) is 3.82. The van der Waals surface area contributed by atoms with E-state index in [1.54, 1.807) is 30.5 Å². The first-order valence-corrected chi connectivity index (χ1v) is 12.3. The van der Waals surface area contributed by atoms with Gasteiger partial charge in [-0.1, -0.05) is 76.2 Å². The lowest BCUT2D eigenvalue weighted by Gasteiger charge is -2.30. The first-order valence-electron chi connectivity index (χ1n) is 12.3. The molecule has 2 aliphatic rings. The third kappa shape index (κ3) is 7.83. The van der Waals surface area contributed by atoms with E-state index in [1.165, 1.54) is 6.08 Å². The smallest absolute Gasteiger partial charge is 0.247 e. The van der Waals surface area contributed by atoms with Crippen molar-refractivity contribution >= 4 is 23.8 Å². The van der Waals surface area contributed by atoms with Crippen molar-refractivity contribution in [3.05, 3.63) is 84.1 Å². The highest BCUT2D eigenvalue weighted by molar-refractivity contribution is 5.95. The predicted molar refractivity (Wildman–Crippen MR) is 141 cm³/mol.